The van der Waals surface area contributed by atoms with Gasteiger partial charge < -0.3 is 0 Å². The van der Waals surface area contributed by atoms with Crippen molar-refractivity contribution >= 4 is 10.0 Å². The molecular weight excluding hydrogens is 272 g/mol. The Morgan fingerprint density at radius 2 is 2.00 bits per heavy atom. The molecule has 1 aromatic rings. The van der Waals surface area contributed by atoms with E-state index < -0.39 is 10.0 Å². The molecule has 20 heavy (non-hydrogen) atoms. The van der Waals surface area contributed by atoms with Gasteiger partial charge in [-0.2, -0.15) is 5.26 Å². The Kier molecular flexibility index (Phi) is 4.79. The number of sulfonamides is 1. The van der Waals surface area contributed by atoms with Crippen molar-refractivity contribution in [2.24, 2.45) is 5.92 Å². The number of nitriles is 1. The van der Waals surface area contributed by atoms with Crippen LogP contribution in [0.1, 0.15) is 43.7 Å². The van der Waals surface area contributed by atoms with Gasteiger partial charge in [-0.15, -0.1) is 0 Å². The number of benzene rings is 1. The van der Waals surface area contributed by atoms with Crippen molar-refractivity contribution in [3.63, 3.8) is 0 Å². The maximum Gasteiger partial charge on any atom is 0.216 e. The molecule has 0 aromatic heterocycles. The fourth-order valence-corrected chi connectivity index (χ4v) is 3.73. The standard InChI is InChI=1S/C15H20N2O2S/c1-2-15(9-12-3-4-12)17-20(18,19)11-14-7-5-13(10-16)6-8-14/h5-8,12,15,17H,2-4,9,11H2,1H3. The predicted molar refractivity (Wildman–Crippen MR) is 78.3 cm³/mol. The van der Waals surface area contributed by atoms with Crippen LogP contribution in [0, 0.1) is 17.2 Å². The van der Waals surface area contributed by atoms with E-state index in [1.807, 2.05) is 13.0 Å². The summed E-state index contributed by atoms with van der Waals surface area (Å²) in [6.45, 7) is 2.01. The molecule has 0 saturated heterocycles. The van der Waals surface area contributed by atoms with Gasteiger partial charge in [0.1, 0.15) is 0 Å². The lowest BCUT2D eigenvalue weighted by Gasteiger charge is -2.16. The van der Waals surface area contributed by atoms with E-state index in [1.54, 1.807) is 24.3 Å². The minimum Gasteiger partial charge on any atom is -0.212 e. The first-order valence-electron chi connectivity index (χ1n) is 7.01. The van der Waals surface area contributed by atoms with Crippen LogP contribution in [-0.2, 0) is 15.8 Å². The number of nitrogens with zero attached hydrogens (tertiary/aromatic N) is 1. The quantitative estimate of drug-likeness (QED) is 0.839. The van der Waals surface area contributed by atoms with E-state index in [2.05, 4.69) is 4.72 Å². The molecule has 1 saturated carbocycles. The normalized spacial score (nSPS) is 16.6. The molecule has 1 aliphatic rings. The maximum atomic E-state index is 12.1. The monoisotopic (exact) mass is 292 g/mol. The van der Waals surface area contributed by atoms with Crippen LogP contribution in [0.4, 0.5) is 0 Å². The number of nitrogens with one attached hydrogen (secondary N) is 1. The van der Waals surface area contributed by atoms with Crippen molar-refractivity contribution in [2.75, 3.05) is 0 Å². The van der Waals surface area contributed by atoms with E-state index >= 15 is 0 Å². The van der Waals surface area contributed by atoms with Gasteiger partial charge in [-0.1, -0.05) is 31.9 Å². The first-order valence-corrected chi connectivity index (χ1v) is 8.66. The number of hydrogen-bond donors (Lipinski definition) is 1. The molecule has 0 spiro atoms. The first kappa shape index (κ1) is 15.0. The van der Waals surface area contributed by atoms with Gasteiger partial charge in [0, 0.05) is 6.04 Å². The van der Waals surface area contributed by atoms with Crippen LogP contribution in [-0.4, -0.2) is 14.5 Å². The van der Waals surface area contributed by atoms with Crippen molar-refractivity contribution < 1.29 is 8.42 Å². The zero-order chi connectivity index (χ0) is 14.6. The summed E-state index contributed by atoms with van der Waals surface area (Å²) in [5.74, 6) is 0.678. The fraction of sp³-hybridized carbons (Fsp3) is 0.533. The topological polar surface area (TPSA) is 70.0 Å². The lowest BCUT2D eigenvalue weighted by atomic mass is 10.1. The van der Waals surface area contributed by atoms with Crippen LogP contribution in [0.3, 0.4) is 0 Å². The average Bonchev–Trinajstić information content (AvgIpc) is 3.22. The van der Waals surface area contributed by atoms with E-state index in [9.17, 15) is 8.42 Å². The second-order valence-corrected chi connectivity index (χ2v) is 7.22. The summed E-state index contributed by atoms with van der Waals surface area (Å²) in [5, 5.41) is 8.72. The Morgan fingerprint density at radius 1 is 1.35 bits per heavy atom. The molecule has 1 aliphatic carbocycles. The summed E-state index contributed by atoms with van der Waals surface area (Å²) in [6, 6.07) is 8.75. The molecule has 4 nitrogen and oxygen atoms in total. The third kappa shape index (κ3) is 4.62. The number of rotatable bonds is 7. The molecule has 0 aliphatic heterocycles. The number of hydrogen-bond acceptors (Lipinski definition) is 3. The summed E-state index contributed by atoms with van der Waals surface area (Å²) >= 11 is 0. The Balaban J connectivity index is 1.96. The molecule has 5 heteroatoms. The van der Waals surface area contributed by atoms with Gasteiger partial charge in [0.25, 0.3) is 0 Å². The van der Waals surface area contributed by atoms with Gasteiger partial charge in [-0.25, -0.2) is 13.1 Å². The van der Waals surface area contributed by atoms with Crippen molar-refractivity contribution in [3.05, 3.63) is 35.4 Å². The molecule has 1 unspecified atom stereocenters. The molecule has 0 heterocycles. The lowest BCUT2D eigenvalue weighted by molar-refractivity contribution is 0.495. The van der Waals surface area contributed by atoms with Crippen LogP contribution >= 0.6 is 0 Å². The second-order valence-electron chi connectivity index (χ2n) is 5.47. The Labute approximate surface area is 120 Å². The SMILES string of the molecule is CCC(CC1CC1)NS(=O)(=O)Cc1ccc(C#N)cc1. The third-order valence-electron chi connectivity index (χ3n) is 3.59. The van der Waals surface area contributed by atoms with Crippen LogP contribution < -0.4 is 4.72 Å². The summed E-state index contributed by atoms with van der Waals surface area (Å²) in [4.78, 5) is 0. The highest BCUT2D eigenvalue weighted by Gasteiger charge is 2.27. The zero-order valence-electron chi connectivity index (χ0n) is 11.7. The smallest absolute Gasteiger partial charge is 0.212 e. The summed E-state index contributed by atoms with van der Waals surface area (Å²) < 4.78 is 27.1. The van der Waals surface area contributed by atoms with Crippen LogP contribution in [0.15, 0.2) is 24.3 Å². The van der Waals surface area contributed by atoms with E-state index in [0.717, 1.165) is 12.8 Å². The highest BCUT2D eigenvalue weighted by molar-refractivity contribution is 7.88. The third-order valence-corrected chi connectivity index (χ3v) is 5.00. The molecule has 1 aromatic carbocycles. The average molecular weight is 292 g/mol. The van der Waals surface area contributed by atoms with Gasteiger partial charge in [-0.05, 0) is 36.5 Å². The molecule has 2 rings (SSSR count). The first-order chi connectivity index (χ1) is 9.52. The highest BCUT2D eigenvalue weighted by Crippen LogP contribution is 2.34. The van der Waals surface area contributed by atoms with E-state index in [-0.39, 0.29) is 11.8 Å². The van der Waals surface area contributed by atoms with E-state index in [0.29, 0.717) is 17.0 Å². The maximum absolute atomic E-state index is 12.1. The summed E-state index contributed by atoms with van der Waals surface area (Å²) in [7, 11) is -3.32. The van der Waals surface area contributed by atoms with Crippen molar-refractivity contribution in [1.82, 2.24) is 4.72 Å². The second kappa shape index (κ2) is 6.38. The van der Waals surface area contributed by atoms with Crippen molar-refractivity contribution in [3.8, 4) is 6.07 Å². The molecule has 0 radical (unpaired) electrons. The van der Waals surface area contributed by atoms with E-state index in [4.69, 9.17) is 5.26 Å². The predicted octanol–water partition coefficient (Wildman–Crippen LogP) is 2.56. The highest BCUT2D eigenvalue weighted by atomic mass is 32.2. The van der Waals surface area contributed by atoms with Gasteiger partial charge in [0.05, 0.1) is 17.4 Å². The molecular formula is C15H20N2O2S. The molecule has 0 bridgehead atoms. The summed E-state index contributed by atoms with van der Waals surface area (Å²) in [5.41, 5.74) is 1.25. The van der Waals surface area contributed by atoms with Crippen molar-refractivity contribution in [2.45, 2.75) is 44.4 Å². The molecule has 1 fully saturated rings. The zero-order valence-corrected chi connectivity index (χ0v) is 12.5. The Hall–Kier alpha value is -1.38. The minimum absolute atomic E-state index is 0.0279. The van der Waals surface area contributed by atoms with Crippen LogP contribution in [0.25, 0.3) is 0 Å². The lowest BCUT2D eigenvalue weighted by Crippen LogP contribution is -2.35. The molecule has 108 valence electrons. The fourth-order valence-electron chi connectivity index (χ4n) is 2.24. The van der Waals surface area contributed by atoms with Crippen molar-refractivity contribution in [1.29, 1.82) is 5.26 Å². The van der Waals surface area contributed by atoms with Crippen LogP contribution in [0.5, 0.6) is 0 Å². The van der Waals surface area contributed by atoms with Gasteiger partial charge in [-0.3, -0.25) is 0 Å². The molecule has 1 atom stereocenters. The Bertz CT molecular complexity index is 583. The Morgan fingerprint density at radius 3 is 2.50 bits per heavy atom. The van der Waals surface area contributed by atoms with Gasteiger partial charge in [0.15, 0.2) is 0 Å². The van der Waals surface area contributed by atoms with E-state index in [1.165, 1.54) is 12.8 Å². The van der Waals surface area contributed by atoms with Gasteiger partial charge >= 0.3 is 0 Å². The molecule has 1 N–H and O–H groups in total. The molecule has 0 amide bonds. The largest absolute Gasteiger partial charge is 0.216 e. The summed E-state index contributed by atoms with van der Waals surface area (Å²) in [6.07, 6.45) is 4.23. The van der Waals surface area contributed by atoms with Gasteiger partial charge in [0.2, 0.25) is 10.0 Å². The van der Waals surface area contributed by atoms with Crippen LogP contribution in [0.2, 0.25) is 0 Å². The minimum atomic E-state index is -3.32.